The van der Waals surface area contributed by atoms with Crippen LogP contribution in [0, 0.1) is 36.0 Å². The van der Waals surface area contributed by atoms with E-state index in [0.717, 1.165) is 12.1 Å². The average Bonchev–Trinajstić information content (AvgIpc) is 2.80. The Hall–Kier alpha value is -2.95. The second-order valence-corrected chi connectivity index (χ2v) is 8.33. The van der Waals surface area contributed by atoms with Crippen LogP contribution in [-0.4, -0.2) is 6.61 Å². The van der Waals surface area contributed by atoms with Crippen LogP contribution in [0.5, 0.6) is 11.5 Å². The van der Waals surface area contributed by atoms with Gasteiger partial charge in [0.25, 0.3) is 0 Å². The lowest BCUT2D eigenvalue weighted by Crippen LogP contribution is -2.16. The lowest BCUT2D eigenvalue weighted by molar-refractivity contribution is -0.137. The number of rotatable bonds is 4. The van der Waals surface area contributed by atoms with Crippen LogP contribution in [-0.2, 0) is 6.18 Å². The smallest absolute Gasteiger partial charge is 0.416 e. The van der Waals surface area contributed by atoms with Crippen molar-refractivity contribution >= 4 is 12.0 Å². The zero-order valence-corrected chi connectivity index (χ0v) is 18.0. The number of fused-ring (bicyclic) bond motifs is 1. The standard InChI is InChI=1S/C23H14F8O2S/c1-10-8-11(23(29,30)31)2-4-13(10)14-6-7-32-16-9-12(3-5-15(14)16)34-33-22-20(27)18(25)17(24)19(26)21(22)28/h2-5,8-9,14H,6-7H2,1H3. The molecule has 0 amide bonds. The maximum atomic E-state index is 13.8. The van der Waals surface area contributed by atoms with Gasteiger partial charge in [0, 0.05) is 11.5 Å². The van der Waals surface area contributed by atoms with Gasteiger partial charge in [0.05, 0.1) is 29.1 Å². The van der Waals surface area contributed by atoms with Crippen molar-refractivity contribution in [2.75, 3.05) is 6.61 Å². The first-order chi connectivity index (χ1) is 16.0. The summed E-state index contributed by atoms with van der Waals surface area (Å²) < 4.78 is 117. The van der Waals surface area contributed by atoms with Crippen LogP contribution in [0.4, 0.5) is 35.1 Å². The molecule has 0 bridgehead atoms. The molecule has 180 valence electrons. The van der Waals surface area contributed by atoms with E-state index in [4.69, 9.17) is 8.92 Å². The molecule has 3 aromatic rings. The Morgan fingerprint density at radius 3 is 2.09 bits per heavy atom. The Bertz CT molecular complexity index is 1230. The van der Waals surface area contributed by atoms with E-state index in [1.165, 1.54) is 18.2 Å². The monoisotopic (exact) mass is 506 g/mol. The molecule has 1 atom stereocenters. The molecular weight excluding hydrogens is 492 g/mol. The highest BCUT2D eigenvalue weighted by Crippen LogP contribution is 2.43. The molecule has 0 saturated heterocycles. The zero-order chi connectivity index (χ0) is 24.8. The minimum absolute atomic E-state index is 0.243. The molecular formula is C23H14F8O2S. The molecule has 0 aliphatic carbocycles. The van der Waals surface area contributed by atoms with Crippen LogP contribution in [0.25, 0.3) is 0 Å². The summed E-state index contributed by atoms with van der Waals surface area (Å²) in [7, 11) is 0. The van der Waals surface area contributed by atoms with Crippen molar-refractivity contribution in [3.8, 4) is 11.5 Å². The SMILES string of the molecule is Cc1cc(C(F)(F)F)ccc1C1CCOc2cc(SOc3c(F)c(F)c(F)c(F)c3F)ccc21. The van der Waals surface area contributed by atoms with Crippen LogP contribution in [0.2, 0.25) is 0 Å². The first kappa shape index (κ1) is 24.2. The van der Waals surface area contributed by atoms with Crippen molar-refractivity contribution in [3.63, 3.8) is 0 Å². The van der Waals surface area contributed by atoms with E-state index in [1.807, 2.05) is 0 Å². The zero-order valence-electron chi connectivity index (χ0n) is 17.2. The van der Waals surface area contributed by atoms with Crippen LogP contribution in [0.15, 0.2) is 41.3 Å². The molecule has 0 aromatic heterocycles. The van der Waals surface area contributed by atoms with Crippen molar-refractivity contribution in [2.45, 2.75) is 30.3 Å². The third-order valence-electron chi connectivity index (χ3n) is 5.39. The summed E-state index contributed by atoms with van der Waals surface area (Å²) in [5.74, 6) is -12.1. The third-order valence-corrected chi connectivity index (χ3v) is 6.08. The van der Waals surface area contributed by atoms with Gasteiger partial charge in [-0.25, -0.2) is 13.2 Å². The quantitative estimate of drug-likeness (QED) is 0.156. The number of alkyl halides is 3. The van der Waals surface area contributed by atoms with Gasteiger partial charge in [0.15, 0.2) is 0 Å². The number of benzene rings is 3. The fourth-order valence-corrected chi connectivity index (χ4v) is 4.34. The topological polar surface area (TPSA) is 18.5 Å². The maximum Gasteiger partial charge on any atom is 0.416 e. The van der Waals surface area contributed by atoms with Crippen molar-refractivity contribution < 1.29 is 44.0 Å². The first-order valence-corrected chi connectivity index (χ1v) is 10.5. The number of halogens is 8. The molecule has 1 aliphatic rings. The maximum absolute atomic E-state index is 13.8. The highest BCUT2D eigenvalue weighted by Gasteiger charge is 2.32. The summed E-state index contributed by atoms with van der Waals surface area (Å²) in [6.45, 7) is 1.84. The molecule has 0 N–H and O–H groups in total. The first-order valence-electron chi connectivity index (χ1n) is 9.79. The van der Waals surface area contributed by atoms with Crippen molar-refractivity contribution in [1.82, 2.24) is 0 Å². The molecule has 0 radical (unpaired) electrons. The summed E-state index contributed by atoms with van der Waals surface area (Å²) >= 11 is 0.362. The Morgan fingerprint density at radius 1 is 0.853 bits per heavy atom. The number of aryl methyl sites for hydroxylation is 1. The molecule has 4 rings (SSSR count). The number of hydrogen-bond donors (Lipinski definition) is 0. The van der Waals surface area contributed by atoms with E-state index in [1.54, 1.807) is 13.0 Å². The van der Waals surface area contributed by atoms with Gasteiger partial charge < -0.3 is 8.92 Å². The molecule has 1 unspecified atom stereocenters. The fraction of sp³-hybridized carbons (Fsp3) is 0.217. The van der Waals surface area contributed by atoms with E-state index < -0.39 is 46.6 Å². The minimum atomic E-state index is -4.46. The Kier molecular flexibility index (Phi) is 6.41. The lowest BCUT2D eigenvalue weighted by atomic mass is 9.84. The predicted molar refractivity (Wildman–Crippen MR) is 107 cm³/mol. The summed E-state index contributed by atoms with van der Waals surface area (Å²) in [4.78, 5) is 0.243. The molecule has 0 saturated carbocycles. The number of ether oxygens (including phenoxy) is 1. The average molecular weight is 506 g/mol. The summed E-state index contributed by atoms with van der Waals surface area (Å²) in [6.07, 6.45) is -3.95. The fourth-order valence-electron chi connectivity index (χ4n) is 3.74. The number of hydrogen-bond acceptors (Lipinski definition) is 3. The molecule has 11 heteroatoms. The molecule has 1 aliphatic heterocycles. The molecule has 34 heavy (non-hydrogen) atoms. The Balaban J connectivity index is 1.59. The molecule has 2 nitrogen and oxygen atoms in total. The van der Waals surface area contributed by atoms with E-state index in [9.17, 15) is 35.1 Å². The van der Waals surface area contributed by atoms with Crippen LogP contribution < -0.4 is 8.92 Å². The van der Waals surface area contributed by atoms with Gasteiger partial charge >= 0.3 is 6.18 Å². The summed E-state index contributed by atoms with van der Waals surface area (Å²) in [5.41, 5.74) is 1.07. The van der Waals surface area contributed by atoms with Gasteiger partial charge in [-0.05, 0) is 48.7 Å². The van der Waals surface area contributed by atoms with Gasteiger partial charge in [-0.15, -0.1) is 0 Å². The summed E-state index contributed by atoms with van der Waals surface area (Å²) in [5, 5.41) is 0. The highest BCUT2D eigenvalue weighted by atomic mass is 32.2. The van der Waals surface area contributed by atoms with Gasteiger partial charge in [-0.3, -0.25) is 0 Å². The minimum Gasteiger partial charge on any atom is -0.493 e. The third kappa shape index (κ3) is 4.40. The van der Waals surface area contributed by atoms with E-state index in [-0.39, 0.29) is 17.4 Å². The van der Waals surface area contributed by atoms with Crippen molar-refractivity contribution in [2.24, 2.45) is 0 Å². The molecule has 3 aromatic carbocycles. The van der Waals surface area contributed by atoms with Crippen LogP contribution in [0.3, 0.4) is 0 Å². The van der Waals surface area contributed by atoms with Gasteiger partial charge in [0.1, 0.15) is 5.75 Å². The van der Waals surface area contributed by atoms with Crippen molar-refractivity contribution in [1.29, 1.82) is 0 Å². The second-order valence-electron chi connectivity index (χ2n) is 7.52. The Morgan fingerprint density at radius 2 is 1.47 bits per heavy atom. The molecule has 1 heterocycles. The van der Waals surface area contributed by atoms with Crippen LogP contribution in [0.1, 0.15) is 34.6 Å². The molecule has 0 fully saturated rings. The normalized spacial score (nSPS) is 15.6. The van der Waals surface area contributed by atoms with Crippen LogP contribution >= 0.6 is 12.0 Å². The molecule has 0 spiro atoms. The van der Waals surface area contributed by atoms with Gasteiger partial charge in [-0.1, -0.05) is 12.1 Å². The van der Waals surface area contributed by atoms with Gasteiger partial charge in [0.2, 0.25) is 34.8 Å². The largest absolute Gasteiger partial charge is 0.493 e. The van der Waals surface area contributed by atoms with Crippen molar-refractivity contribution in [3.05, 3.63) is 87.7 Å². The summed E-state index contributed by atoms with van der Waals surface area (Å²) in [6, 6.07) is 8.06. The van der Waals surface area contributed by atoms with Gasteiger partial charge in [-0.2, -0.15) is 22.0 Å². The lowest BCUT2D eigenvalue weighted by Gasteiger charge is -2.28. The van der Waals surface area contributed by atoms with E-state index in [0.29, 0.717) is 40.9 Å². The van der Waals surface area contributed by atoms with E-state index >= 15 is 0 Å². The predicted octanol–water partition coefficient (Wildman–Crippen LogP) is 7.71. The van der Waals surface area contributed by atoms with E-state index in [2.05, 4.69) is 0 Å². The Labute approximate surface area is 192 Å². The second kappa shape index (κ2) is 9.01. The highest BCUT2D eigenvalue weighted by molar-refractivity contribution is 7.95.